The van der Waals surface area contributed by atoms with Gasteiger partial charge in [0.25, 0.3) is 11.5 Å². The van der Waals surface area contributed by atoms with E-state index in [1.807, 2.05) is 19.9 Å². The molecule has 0 unspecified atom stereocenters. The van der Waals surface area contributed by atoms with Gasteiger partial charge in [0.1, 0.15) is 11.2 Å². The second-order valence-electron chi connectivity index (χ2n) is 6.69. The van der Waals surface area contributed by atoms with E-state index in [-0.39, 0.29) is 17.0 Å². The predicted octanol–water partition coefficient (Wildman–Crippen LogP) is 3.65. The normalized spacial score (nSPS) is 11.5. The zero-order valence-corrected chi connectivity index (χ0v) is 15.9. The number of nitrogens with one attached hydrogen (secondary N) is 2. The van der Waals surface area contributed by atoms with Crippen molar-refractivity contribution in [3.63, 3.8) is 0 Å². The van der Waals surface area contributed by atoms with Gasteiger partial charge in [-0.3, -0.25) is 14.9 Å². The molecule has 0 spiro atoms. The zero-order valence-electron chi connectivity index (χ0n) is 15.1. The Labute approximate surface area is 162 Å². The third-order valence-electron chi connectivity index (χ3n) is 4.67. The summed E-state index contributed by atoms with van der Waals surface area (Å²) in [7, 11) is 0. The molecule has 5 rings (SSSR count). The van der Waals surface area contributed by atoms with Crippen molar-refractivity contribution in [1.82, 2.24) is 19.6 Å². The highest BCUT2D eigenvalue weighted by Gasteiger charge is 2.18. The van der Waals surface area contributed by atoms with Crippen LogP contribution in [0.2, 0.25) is 0 Å². The van der Waals surface area contributed by atoms with Crippen molar-refractivity contribution in [2.24, 2.45) is 0 Å². The molecule has 0 bridgehead atoms. The topological polar surface area (TPSA) is 92.2 Å². The van der Waals surface area contributed by atoms with Gasteiger partial charge in [-0.15, -0.1) is 0 Å². The molecule has 3 aromatic heterocycles. The molecule has 0 aliphatic carbocycles. The van der Waals surface area contributed by atoms with Gasteiger partial charge in [0.15, 0.2) is 5.13 Å². The van der Waals surface area contributed by atoms with E-state index < -0.39 is 0 Å². The summed E-state index contributed by atoms with van der Waals surface area (Å²) in [6, 6.07) is 11.3. The Bertz CT molecular complexity index is 1460. The Morgan fingerprint density at radius 3 is 2.89 bits per heavy atom. The first kappa shape index (κ1) is 16.6. The van der Waals surface area contributed by atoms with Crippen LogP contribution in [-0.2, 0) is 0 Å². The molecule has 5 aromatic rings. The number of hydrogen-bond donors (Lipinski definition) is 2. The quantitative estimate of drug-likeness (QED) is 0.482. The van der Waals surface area contributed by atoms with E-state index in [0.717, 1.165) is 21.3 Å². The summed E-state index contributed by atoms with van der Waals surface area (Å²) in [5.74, 6) is -0.366. The van der Waals surface area contributed by atoms with Gasteiger partial charge in [0.05, 0.1) is 27.3 Å². The summed E-state index contributed by atoms with van der Waals surface area (Å²) in [5, 5.41) is 8.15. The molecule has 0 fully saturated rings. The first-order valence-electron chi connectivity index (χ1n) is 8.69. The van der Waals surface area contributed by atoms with Crippen LogP contribution in [0.3, 0.4) is 0 Å². The number of carbonyl (C=O) groups excluding carboxylic acids is 1. The lowest BCUT2D eigenvalue weighted by Gasteiger charge is -2.02. The summed E-state index contributed by atoms with van der Waals surface area (Å²) >= 11 is 1.42. The molecule has 0 aliphatic heterocycles. The monoisotopic (exact) mass is 389 g/mol. The second-order valence-corrected chi connectivity index (χ2v) is 7.72. The molecule has 138 valence electrons. The Morgan fingerprint density at radius 2 is 2.04 bits per heavy atom. The largest absolute Gasteiger partial charge is 0.306 e. The average Bonchev–Trinajstić information content (AvgIpc) is 3.26. The van der Waals surface area contributed by atoms with E-state index in [0.29, 0.717) is 21.7 Å². The number of H-pyrrole nitrogens is 1. The van der Waals surface area contributed by atoms with Crippen molar-refractivity contribution >= 4 is 49.1 Å². The Morgan fingerprint density at radius 1 is 1.21 bits per heavy atom. The van der Waals surface area contributed by atoms with Crippen LogP contribution in [0.15, 0.2) is 47.4 Å². The second kappa shape index (κ2) is 6.00. The van der Waals surface area contributed by atoms with Gasteiger partial charge in [-0.05, 0) is 43.2 Å². The van der Waals surface area contributed by atoms with E-state index in [1.165, 1.54) is 17.5 Å². The maximum atomic E-state index is 12.8. The number of rotatable bonds is 2. The number of thiazole rings is 1. The third-order valence-corrected chi connectivity index (χ3v) is 5.59. The van der Waals surface area contributed by atoms with Gasteiger partial charge >= 0.3 is 0 Å². The van der Waals surface area contributed by atoms with E-state index in [9.17, 15) is 9.59 Å². The van der Waals surface area contributed by atoms with Crippen molar-refractivity contribution in [2.75, 3.05) is 5.32 Å². The number of aromatic amines is 1. The van der Waals surface area contributed by atoms with Gasteiger partial charge in [0, 0.05) is 0 Å². The maximum absolute atomic E-state index is 12.8. The highest BCUT2D eigenvalue weighted by molar-refractivity contribution is 7.22. The minimum absolute atomic E-state index is 0.260. The molecule has 2 aromatic carbocycles. The fourth-order valence-electron chi connectivity index (χ4n) is 3.43. The Balaban J connectivity index is 1.58. The van der Waals surface area contributed by atoms with Crippen molar-refractivity contribution in [1.29, 1.82) is 0 Å². The number of fused-ring (bicyclic) bond motifs is 4. The number of amides is 1. The SMILES string of the molecule is Cc1cc(C)c2nc(NC(=O)c3cnn4c3[nH]c(=O)c3ccccc34)sc2c1. The zero-order chi connectivity index (χ0) is 19.4. The van der Waals surface area contributed by atoms with Gasteiger partial charge < -0.3 is 4.98 Å². The summed E-state index contributed by atoms with van der Waals surface area (Å²) in [5.41, 5.74) is 4.13. The number of para-hydroxylation sites is 1. The number of aryl methyl sites for hydroxylation is 2. The number of benzene rings is 2. The van der Waals surface area contributed by atoms with Crippen molar-refractivity contribution < 1.29 is 4.79 Å². The van der Waals surface area contributed by atoms with Gasteiger partial charge in [-0.1, -0.05) is 29.5 Å². The number of carbonyl (C=O) groups is 1. The molecule has 28 heavy (non-hydrogen) atoms. The van der Waals surface area contributed by atoms with Crippen LogP contribution < -0.4 is 10.9 Å². The van der Waals surface area contributed by atoms with Crippen molar-refractivity contribution in [2.45, 2.75) is 13.8 Å². The lowest BCUT2D eigenvalue weighted by molar-refractivity contribution is 0.102. The maximum Gasteiger partial charge on any atom is 0.262 e. The smallest absolute Gasteiger partial charge is 0.262 e. The van der Waals surface area contributed by atoms with Crippen LogP contribution in [0.1, 0.15) is 21.5 Å². The molecular formula is C20H15N5O2S. The van der Waals surface area contributed by atoms with E-state index in [1.54, 1.807) is 22.7 Å². The highest BCUT2D eigenvalue weighted by Crippen LogP contribution is 2.29. The summed E-state index contributed by atoms with van der Waals surface area (Å²) in [6.07, 6.45) is 1.45. The molecule has 2 N–H and O–H groups in total. The van der Waals surface area contributed by atoms with Gasteiger partial charge in [0.2, 0.25) is 0 Å². The number of nitrogens with zero attached hydrogens (tertiary/aromatic N) is 3. The summed E-state index contributed by atoms with van der Waals surface area (Å²) in [4.78, 5) is 32.5. The number of hydrogen-bond acceptors (Lipinski definition) is 5. The minimum Gasteiger partial charge on any atom is -0.306 e. The van der Waals surface area contributed by atoms with Gasteiger partial charge in [-0.25, -0.2) is 9.50 Å². The molecule has 7 nitrogen and oxygen atoms in total. The first-order chi connectivity index (χ1) is 13.5. The standard InChI is InChI=1S/C20H15N5O2S/c1-10-7-11(2)16-15(8-10)28-20(22-16)24-19(27)13-9-21-25-14-6-4-3-5-12(14)18(26)23-17(13)25/h3-9H,1-2H3,(H,23,26)(H,22,24,27). The first-order valence-corrected chi connectivity index (χ1v) is 9.51. The molecule has 0 saturated carbocycles. The molecule has 0 saturated heterocycles. The van der Waals surface area contributed by atoms with Crippen LogP contribution >= 0.6 is 11.3 Å². The lowest BCUT2D eigenvalue weighted by Crippen LogP contribution is -2.15. The van der Waals surface area contributed by atoms with E-state index >= 15 is 0 Å². The minimum atomic E-state index is -0.366. The van der Waals surface area contributed by atoms with E-state index in [4.69, 9.17) is 0 Å². The number of aromatic nitrogens is 4. The van der Waals surface area contributed by atoms with Crippen LogP contribution in [0.4, 0.5) is 5.13 Å². The van der Waals surface area contributed by atoms with Crippen molar-refractivity contribution in [3.05, 3.63) is 69.6 Å². The molecule has 0 atom stereocenters. The fraction of sp³-hybridized carbons (Fsp3) is 0.100. The van der Waals surface area contributed by atoms with Crippen LogP contribution in [-0.4, -0.2) is 25.5 Å². The Kier molecular flexibility index (Phi) is 3.56. The van der Waals surface area contributed by atoms with Gasteiger partial charge in [-0.2, -0.15) is 5.10 Å². The predicted molar refractivity (Wildman–Crippen MR) is 110 cm³/mol. The van der Waals surface area contributed by atoms with Crippen LogP contribution in [0.5, 0.6) is 0 Å². The molecule has 0 radical (unpaired) electrons. The fourth-order valence-corrected chi connectivity index (χ4v) is 4.47. The summed E-state index contributed by atoms with van der Waals surface area (Å²) < 4.78 is 2.59. The van der Waals surface area contributed by atoms with Crippen LogP contribution in [0, 0.1) is 13.8 Å². The summed E-state index contributed by atoms with van der Waals surface area (Å²) in [6.45, 7) is 4.03. The molecule has 8 heteroatoms. The molecule has 1 amide bonds. The number of anilines is 1. The lowest BCUT2D eigenvalue weighted by atomic mass is 10.1. The van der Waals surface area contributed by atoms with Crippen molar-refractivity contribution in [3.8, 4) is 0 Å². The molecule has 3 heterocycles. The van der Waals surface area contributed by atoms with Crippen LogP contribution in [0.25, 0.3) is 26.8 Å². The van der Waals surface area contributed by atoms with E-state index in [2.05, 4.69) is 32.5 Å². The molecular weight excluding hydrogens is 374 g/mol. The third kappa shape index (κ3) is 2.49. The highest BCUT2D eigenvalue weighted by atomic mass is 32.1. The molecule has 0 aliphatic rings. The Hall–Kier alpha value is -3.52. The average molecular weight is 389 g/mol.